The average molecular weight is 297 g/mol. The molecule has 1 saturated heterocycles. The quantitative estimate of drug-likeness (QED) is 0.895. The molecule has 1 aromatic rings. The molecule has 5 nitrogen and oxygen atoms in total. The van der Waals surface area contributed by atoms with Crippen LogP contribution < -0.4 is 5.32 Å². The van der Waals surface area contributed by atoms with Crippen molar-refractivity contribution in [1.82, 2.24) is 15.3 Å². The molecular formula is C14H23N3O2S. The molecule has 20 heavy (non-hydrogen) atoms. The van der Waals surface area contributed by atoms with E-state index in [0.717, 1.165) is 51.0 Å². The molecule has 0 amide bonds. The van der Waals surface area contributed by atoms with Gasteiger partial charge in [0.2, 0.25) is 0 Å². The van der Waals surface area contributed by atoms with Crippen molar-refractivity contribution in [2.75, 3.05) is 19.3 Å². The van der Waals surface area contributed by atoms with Gasteiger partial charge in [-0.3, -0.25) is 0 Å². The lowest BCUT2D eigenvalue weighted by molar-refractivity contribution is 0.446. The van der Waals surface area contributed by atoms with E-state index in [0.29, 0.717) is 10.6 Å². The minimum atomic E-state index is -3.27. The molecule has 2 rings (SSSR count). The minimum Gasteiger partial charge on any atom is -0.316 e. The summed E-state index contributed by atoms with van der Waals surface area (Å²) in [5.41, 5.74) is 0.709. The number of hydrogen-bond acceptors (Lipinski definition) is 5. The number of rotatable bonds is 5. The summed E-state index contributed by atoms with van der Waals surface area (Å²) in [6.07, 6.45) is 7.70. The van der Waals surface area contributed by atoms with E-state index in [1.807, 2.05) is 0 Å². The van der Waals surface area contributed by atoms with Crippen LogP contribution in [0, 0.1) is 0 Å². The van der Waals surface area contributed by atoms with Crippen LogP contribution in [0.1, 0.15) is 50.0 Å². The second-order valence-electron chi connectivity index (χ2n) is 5.45. The first-order valence-electron chi connectivity index (χ1n) is 7.29. The molecule has 1 N–H and O–H groups in total. The molecule has 112 valence electrons. The van der Waals surface area contributed by atoms with Crippen LogP contribution in [-0.2, 0) is 16.3 Å². The Kier molecular flexibility index (Phi) is 5.10. The Balaban J connectivity index is 2.36. The summed E-state index contributed by atoms with van der Waals surface area (Å²) in [6, 6.07) is 0. The maximum atomic E-state index is 11.9. The van der Waals surface area contributed by atoms with Crippen LogP contribution in [0.4, 0.5) is 0 Å². The van der Waals surface area contributed by atoms with E-state index in [2.05, 4.69) is 22.2 Å². The highest BCUT2D eigenvalue weighted by Gasteiger charge is 2.25. The molecule has 0 saturated carbocycles. The number of nitrogens with zero attached hydrogens (tertiary/aromatic N) is 2. The van der Waals surface area contributed by atoms with E-state index in [9.17, 15) is 8.42 Å². The van der Waals surface area contributed by atoms with Gasteiger partial charge in [-0.1, -0.05) is 13.3 Å². The Morgan fingerprint density at radius 2 is 2.25 bits per heavy atom. The maximum Gasteiger partial charge on any atom is 0.178 e. The number of aromatic nitrogens is 2. The third kappa shape index (κ3) is 3.76. The Morgan fingerprint density at radius 3 is 2.85 bits per heavy atom. The number of nitrogens with one attached hydrogen (secondary N) is 1. The highest BCUT2D eigenvalue weighted by atomic mass is 32.2. The minimum absolute atomic E-state index is 0.178. The largest absolute Gasteiger partial charge is 0.316 e. The maximum absolute atomic E-state index is 11.9. The molecule has 1 atom stereocenters. The molecule has 6 heteroatoms. The van der Waals surface area contributed by atoms with Gasteiger partial charge in [-0.15, -0.1) is 0 Å². The van der Waals surface area contributed by atoms with Crippen LogP contribution >= 0.6 is 0 Å². The first-order valence-corrected chi connectivity index (χ1v) is 9.18. The summed E-state index contributed by atoms with van der Waals surface area (Å²) in [4.78, 5) is 9.10. The van der Waals surface area contributed by atoms with Crippen molar-refractivity contribution in [1.29, 1.82) is 0 Å². The molecule has 2 heterocycles. The Hall–Kier alpha value is -1.01. The molecule has 1 aliphatic heterocycles. The van der Waals surface area contributed by atoms with Gasteiger partial charge in [0, 0.05) is 31.3 Å². The normalized spacial score (nSPS) is 20.0. The Bertz CT molecular complexity index is 552. The van der Waals surface area contributed by atoms with Gasteiger partial charge < -0.3 is 5.32 Å². The van der Waals surface area contributed by atoms with Crippen LogP contribution in [-0.4, -0.2) is 37.7 Å². The van der Waals surface area contributed by atoms with Crippen molar-refractivity contribution in [3.05, 3.63) is 17.7 Å². The van der Waals surface area contributed by atoms with E-state index in [1.54, 1.807) is 0 Å². The number of piperidine rings is 1. The lowest BCUT2D eigenvalue weighted by Gasteiger charge is -2.24. The summed E-state index contributed by atoms with van der Waals surface area (Å²) in [5.74, 6) is 0.941. The van der Waals surface area contributed by atoms with Gasteiger partial charge in [-0.25, -0.2) is 18.4 Å². The van der Waals surface area contributed by atoms with Crippen molar-refractivity contribution < 1.29 is 8.42 Å². The predicted octanol–water partition coefficient (Wildman–Crippen LogP) is 1.69. The summed E-state index contributed by atoms with van der Waals surface area (Å²) >= 11 is 0. The lowest BCUT2D eigenvalue weighted by Crippen LogP contribution is -2.30. The van der Waals surface area contributed by atoms with Gasteiger partial charge in [0.05, 0.1) is 5.69 Å². The van der Waals surface area contributed by atoms with Crippen LogP contribution in [0.3, 0.4) is 0 Å². The van der Waals surface area contributed by atoms with Crippen LogP contribution in [0.2, 0.25) is 0 Å². The molecule has 1 aromatic heterocycles. The van der Waals surface area contributed by atoms with Gasteiger partial charge in [-0.2, -0.15) is 0 Å². The molecule has 0 unspecified atom stereocenters. The molecule has 1 aliphatic rings. The fourth-order valence-electron chi connectivity index (χ4n) is 2.54. The molecule has 0 aliphatic carbocycles. The fourth-order valence-corrected chi connectivity index (χ4v) is 3.38. The van der Waals surface area contributed by atoms with Crippen molar-refractivity contribution >= 4 is 9.84 Å². The summed E-state index contributed by atoms with van der Waals surface area (Å²) in [6.45, 7) is 3.92. The van der Waals surface area contributed by atoms with Crippen LogP contribution in [0.25, 0.3) is 0 Å². The molecule has 0 spiro atoms. The van der Waals surface area contributed by atoms with Crippen molar-refractivity contribution in [2.24, 2.45) is 0 Å². The number of aryl methyl sites for hydroxylation is 1. The van der Waals surface area contributed by atoms with Gasteiger partial charge in [0.1, 0.15) is 10.7 Å². The highest BCUT2D eigenvalue weighted by molar-refractivity contribution is 7.90. The Morgan fingerprint density at radius 1 is 1.45 bits per heavy atom. The average Bonchev–Trinajstić information content (AvgIpc) is 2.44. The SMILES string of the molecule is CCCCc1ncc(S(C)(=O)=O)c([C@@H]2CCCNC2)n1. The smallest absolute Gasteiger partial charge is 0.178 e. The van der Waals surface area contributed by atoms with E-state index in [1.165, 1.54) is 12.5 Å². The zero-order valence-electron chi connectivity index (χ0n) is 12.2. The molecule has 0 radical (unpaired) electrons. The first-order chi connectivity index (χ1) is 9.52. The number of unbranched alkanes of at least 4 members (excludes halogenated alkanes) is 1. The molecule has 1 fully saturated rings. The first kappa shape index (κ1) is 15.4. The van der Waals surface area contributed by atoms with E-state index >= 15 is 0 Å². The third-order valence-electron chi connectivity index (χ3n) is 3.67. The van der Waals surface area contributed by atoms with Crippen molar-refractivity contribution in [3.8, 4) is 0 Å². The van der Waals surface area contributed by atoms with E-state index < -0.39 is 9.84 Å². The Labute approximate surface area is 121 Å². The van der Waals surface area contributed by atoms with Gasteiger partial charge >= 0.3 is 0 Å². The van der Waals surface area contributed by atoms with Crippen molar-refractivity contribution in [3.63, 3.8) is 0 Å². The molecule has 0 aromatic carbocycles. The summed E-state index contributed by atoms with van der Waals surface area (Å²) < 4.78 is 23.8. The topological polar surface area (TPSA) is 72.0 Å². The van der Waals surface area contributed by atoms with Gasteiger partial charge in [0.15, 0.2) is 9.84 Å². The van der Waals surface area contributed by atoms with Crippen LogP contribution in [0.15, 0.2) is 11.1 Å². The number of sulfone groups is 1. The third-order valence-corrected chi connectivity index (χ3v) is 4.78. The van der Waals surface area contributed by atoms with Crippen LogP contribution in [0.5, 0.6) is 0 Å². The second-order valence-corrected chi connectivity index (χ2v) is 7.44. The zero-order chi connectivity index (χ0) is 14.6. The summed E-state index contributed by atoms with van der Waals surface area (Å²) in [7, 11) is -3.27. The predicted molar refractivity (Wildman–Crippen MR) is 78.6 cm³/mol. The lowest BCUT2D eigenvalue weighted by atomic mass is 9.96. The van der Waals surface area contributed by atoms with Crippen molar-refractivity contribution in [2.45, 2.75) is 49.8 Å². The monoisotopic (exact) mass is 297 g/mol. The van der Waals surface area contributed by atoms with Gasteiger partial charge in [-0.05, 0) is 25.8 Å². The fraction of sp³-hybridized carbons (Fsp3) is 0.714. The number of hydrogen-bond donors (Lipinski definition) is 1. The zero-order valence-corrected chi connectivity index (χ0v) is 13.0. The standard InChI is InChI=1S/C14H23N3O2S/c1-3-4-7-13-16-10-12(20(2,18)19)14(17-13)11-6-5-8-15-9-11/h10-11,15H,3-9H2,1-2H3/t11-/m1/s1. The van der Waals surface area contributed by atoms with E-state index in [-0.39, 0.29) is 5.92 Å². The highest BCUT2D eigenvalue weighted by Crippen LogP contribution is 2.27. The summed E-state index contributed by atoms with van der Waals surface area (Å²) in [5, 5.41) is 3.32. The second kappa shape index (κ2) is 6.63. The van der Waals surface area contributed by atoms with Gasteiger partial charge in [0.25, 0.3) is 0 Å². The molecular weight excluding hydrogens is 274 g/mol. The molecule has 0 bridgehead atoms. The van der Waals surface area contributed by atoms with E-state index in [4.69, 9.17) is 0 Å².